The Morgan fingerprint density at radius 1 is 0.652 bits per heavy atom. The Kier molecular flexibility index (Phi) is 3.61. The van der Waals surface area contributed by atoms with E-state index in [1.165, 1.54) is 32.7 Å². The molecule has 0 heterocycles. The van der Waals surface area contributed by atoms with Crippen LogP contribution in [-0.4, -0.2) is 6.21 Å². The average Bonchev–Trinajstić information content (AvgIpc) is 2.62. The molecule has 0 saturated carbocycles. The first-order valence-electron chi connectivity index (χ1n) is 7.86. The second-order valence-electron chi connectivity index (χ2n) is 5.69. The van der Waals surface area contributed by atoms with Crippen molar-refractivity contribution in [2.45, 2.75) is 6.54 Å². The molecule has 0 aliphatic rings. The molecule has 0 N–H and O–H groups in total. The predicted molar refractivity (Wildman–Crippen MR) is 99.2 cm³/mol. The third-order valence-electron chi connectivity index (χ3n) is 4.15. The van der Waals surface area contributed by atoms with Gasteiger partial charge in [0.2, 0.25) is 0 Å². The van der Waals surface area contributed by atoms with Gasteiger partial charge >= 0.3 is 0 Å². The summed E-state index contributed by atoms with van der Waals surface area (Å²) in [7, 11) is 0. The van der Waals surface area contributed by atoms with Gasteiger partial charge in [-0.05, 0) is 33.2 Å². The van der Waals surface area contributed by atoms with E-state index < -0.39 is 0 Å². The molecule has 0 unspecified atom stereocenters. The van der Waals surface area contributed by atoms with Crippen LogP contribution >= 0.6 is 0 Å². The van der Waals surface area contributed by atoms with Crippen molar-refractivity contribution >= 4 is 27.8 Å². The molecule has 4 aromatic rings. The lowest BCUT2D eigenvalue weighted by Gasteiger charge is -2.08. The highest BCUT2D eigenvalue weighted by Crippen LogP contribution is 2.27. The molecule has 0 aliphatic carbocycles. The maximum absolute atomic E-state index is 4.69. The van der Waals surface area contributed by atoms with Gasteiger partial charge in [0.25, 0.3) is 0 Å². The number of benzene rings is 4. The number of aliphatic imine (C=N–C) groups is 1. The molecule has 1 heteroatoms. The van der Waals surface area contributed by atoms with E-state index in [9.17, 15) is 0 Å². The van der Waals surface area contributed by atoms with Crippen LogP contribution in [0.25, 0.3) is 21.5 Å². The summed E-state index contributed by atoms with van der Waals surface area (Å²) in [5.41, 5.74) is 2.43. The van der Waals surface area contributed by atoms with E-state index in [0.717, 1.165) is 0 Å². The molecule has 1 nitrogen and oxygen atoms in total. The van der Waals surface area contributed by atoms with Crippen LogP contribution in [-0.2, 0) is 6.54 Å². The van der Waals surface area contributed by atoms with E-state index >= 15 is 0 Å². The highest BCUT2D eigenvalue weighted by atomic mass is 14.7. The lowest BCUT2D eigenvalue weighted by atomic mass is 9.97. The molecule has 0 radical (unpaired) electrons. The molecule has 0 aliphatic heterocycles. The quantitative estimate of drug-likeness (QED) is 0.344. The van der Waals surface area contributed by atoms with Gasteiger partial charge in [-0.3, -0.25) is 4.99 Å². The van der Waals surface area contributed by atoms with Gasteiger partial charge in [-0.15, -0.1) is 0 Å². The Morgan fingerprint density at radius 3 is 1.87 bits per heavy atom. The molecule has 110 valence electrons. The average molecular weight is 295 g/mol. The second-order valence-corrected chi connectivity index (χ2v) is 5.69. The van der Waals surface area contributed by atoms with Gasteiger partial charge in [-0.25, -0.2) is 0 Å². The summed E-state index contributed by atoms with van der Waals surface area (Å²) >= 11 is 0. The van der Waals surface area contributed by atoms with Crippen molar-refractivity contribution < 1.29 is 0 Å². The van der Waals surface area contributed by atoms with Gasteiger partial charge in [0.05, 0.1) is 6.54 Å². The zero-order valence-electron chi connectivity index (χ0n) is 12.8. The Bertz CT molecular complexity index is 930. The van der Waals surface area contributed by atoms with Crippen LogP contribution in [0.4, 0.5) is 0 Å². The Balaban J connectivity index is 1.83. The van der Waals surface area contributed by atoms with Crippen LogP contribution in [0.2, 0.25) is 0 Å². The summed E-state index contributed by atoms with van der Waals surface area (Å²) in [6.07, 6.45) is 2.03. The molecule has 0 aromatic heterocycles. The molecule has 0 saturated heterocycles. The summed E-state index contributed by atoms with van der Waals surface area (Å²) in [6.45, 7) is 0.707. The fourth-order valence-corrected chi connectivity index (χ4v) is 3.01. The largest absolute Gasteiger partial charge is 0.288 e. The fourth-order valence-electron chi connectivity index (χ4n) is 3.01. The molecule has 0 bridgehead atoms. The predicted octanol–water partition coefficient (Wildman–Crippen LogP) is 5.61. The second kappa shape index (κ2) is 6.05. The van der Waals surface area contributed by atoms with Crippen LogP contribution in [0.1, 0.15) is 11.1 Å². The molecular formula is C22H17N. The third kappa shape index (κ3) is 2.74. The number of hydrogen-bond acceptors (Lipinski definition) is 1. The van der Waals surface area contributed by atoms with Gasteiger partial charge in [-0.1, -0.05) is 78.9 Å². The molecular weight excluding hydrogens is 278 g/mol. The summed E-state index contributed by atoms with van der Waals surface area (Å²) in [6, 6.07) is 29.6. The molecule has 4 rings (SSSR count). The van der Waals surface area contributed by atoms with Crippen molar-refractivity contribution in [3.05, 3.63) is 96.1 Å². The number of rotatable bonds is 3. The summed E-state index contributed by atoms with van der Waals surface area (Å²) in [5, 5.41) is 5.02. The van der Waals surface area contributed by atoms with Gasteiger partial charge in [0.15, 0.2) is 0 Å². The van der Waals surface area contributed by atoms with Crippen LogP contribution < -0.4 is 0 Å². The van der Waals surface area contributed by atoms with Gasteiger partial charge in [0.1, 0.15) is 0 Å². The van der Waals surface area contributed by atoms with Crippen molar-refractivity contribution in [3.63, 3.8) is 0 Å². The molecule has 0 fully saturated rings. The van der Waals surface area contributed by atoms with Gasteiger partial charge in [-0.2, -0.15) is 0 Å². The van der Waals surface area contributed by atoms with Gasteiger partial charge in [0, 0.05) is 11.8 Å². The van der Waals surface area contributed by atoms with E-state index in [2.05, 4.69) is 83.9 Å². The minimum atomic E-state index is 0.707. The van der Waals surface area contributed by atoms with Crippen molar-refractivity contribution in [1.82, 2.24) is 0 Å². The highest BCUT2D eigenvalue weighted by molar-refractivity contribution is 6.13. The molecule has 0 atom stereocenters. The lowest BCUT2D eigenvalue weighted by molar-refractivity contribution is 1.08. The van der Waals surface area contributed by atoms with Crippen LogP contribution in [0.5, 0.6) is 0 Å². The minimum Gasteiger partial charge on any atom is -0.288 e. The molecule has 0 amide bonds. The van der Waals surface area contributed by atoms with E-state index in [-0.39, 0.29) is 0 Å². The zero-order chi connectivity index (χ0) is 15.5. The number of hydrogen-bond donors (Lipinski definition) is 0. The minimum absolute atomic E-state index is 0.707. The third-order valence-corrected chi connectivity index (χ3v) is 4.15. The van der Waals surface area contributed by atoms with Crippen molar-refractivity contribution in [1.29, 1.82) is 0 Å². The van der Waals surface area contributed by atoms with Crippen molar-refractivity contribution in [3.8, 4) is 0 Å². The maximum Gasteiger partial charge on any atom is 0.0639 e. The molecule has 23 heavy (non-hydrogen) atoms. The monoisotopic (exact) mass is 295 g/mol. The fraction of sp³-hybridized carbons (Fsp3) is 0.0455. The van der Waals surface area contributed by atoms with E-state index in [0.29, 0.717) is 6.54 Å². The summed E-state index contributed by atoms with van der Waals surface area (Å²) in [5.74, 6) is 0. The topological polar surface area (TPSA) is 12.4 Å². The van der Waals surface area contributed by atoms with Crippen molar-refractivity contribution in [2.24, 2.45) is 4.99 Å². The summed E-state index contributed by atoms with van der Waals surface area (Å²) in [4.78, 5) is 4.69. The number of fused-ring (bicyclic) bond motifs is 2. The highest BCUT2D eigenvalue weighted by Gasteiger charge is 2.04. The van der Waals surface area contributed by atoms with Crippen LogP contribution in [0.3, 0.4) is 0 Å². The smallest absolute Gasteiger partial charge is 0.0639 e. The first-order valence-corrected chi connectivity index (χ1v) is 7.86. The van der Waals surface area contributed by atoms with Crippen molar-refractivity contribution in [2.75, 3.05) is 0 Å². The lowest BCUT2D eigenvalue weighted by Crippen LogP contribution is -1.89. The van der Waals surface area contributed by atoms with E-state index in [4.69, 9.17) is 0 Å². The first-order chi connectivity index (χ1) is 11.4. The molecule has 4 aromatic carbocycles. The van der Waals surface area contributed by atoms with Gasteiger partial charge < -0.3 is 0 Å². The normalized spacial score (nSPS) is 11.5. The number of nitrogens with zero attached hydrogens (tertiary/aromatic N) is 1. The van der Waals surface area contributed by atoms with Crippen LogP contribution in [0.15, 0.2) is 89.9 Å². The van der Waals surface area contributed by atoms with Crippen LogP contribution in [0, 0.1) is 0 Å². The van der Waals surface area contributed by atoms with E-state index in [1.807, 2.05) is 12.3 Å². The SMILES string of the molecule is C(=NCc1ccccc1)c1c2ccccc2cc2ccccc12. The Labute approximate surface area is 135 Å². The summed E-state index contributed by atoms with van der Waals surface area (Å²) < 4.78 is 0. The standard InChI is InChI=1S/C22H17N/c1-2-8-17(9-3-1)15-23-16-22-20-12-6-4-10-18(20)14-19-11-5-7-13-21(19)22/h1-14,16H,15H2. The molecule has 0 spiro atoms. The zero-order valence-corrected chi connectivity index (χ0v) is 12.8. The van der Waals surface area contributed by atoms with E-state index in [1.54, 1.807) is 0 Å². The first kappa shape index (κ1) is 13.7. The maximum atomic E-state index is 4.69. The Hall–Kier alpha value is -2.93. The Morgan fingerprint density at radius 2 is 1.22 bits per heavy atom.